The van der Waals surface area contributed by atoms with Gasteiger partial charge in [-0.3, -0.25) is 4.79 Å². The maximum atomic E-state index is 12.6. The van der Waals surface area contributed by atoms with Gasteiger partial charge in [-0.05, 0) is 42.7 Å². The first-order valence-electron chi connectivity index (χ1n) is 10.0. The predicted molar refractivity (Wildman–Crippen MR) is 123 cm³/mol. The molecule has 0 aliphatic heterocycles. The number of hydrogen-bond donors (Lipinski definition) is 1. The van der Waals surface area contributed by atoms with Crippen LogP contribution in [0.5, 0.6) is 0 Å². The van der Waals surface area contributed by atoms with E-state index in [9.17, 15) is 9.59 Å². The van der Waals surface area contributed by atoms with Crippen LogP contribution < -0.4 is 5.32 Å². The Morgan fingerprint density at radius 1 is 1.10 bits per heavy atom. The minimum Gasteiger partial charge on any atom is -0.451 e. The number of carbonyl (C=O) groups excluding carboxylic acids is 2. The van der Waals surface area contributed by atoms with E-state index in [-0.39, 0.29) is 18.4 Å². The van der Waals surface area contributed by atoms with E-state index in [1.807, 2.05) is 66.2 Å². The number of para-hydroxylation sites is 2. The highest BCUT2D eigenvalue weighted by atomic mass is 32.1. The van der Waals surface area contributed by atoms with Gasteiger partial charge >= 0.3 is 5.97 Å². The fourth-order valence-electron chi connectivity index (χ4n) is 3.39. The van der Waals surface area contributed by atoms with Crippen molar-refractivity contribution < 1.29 is 14.3 Å². The SMILES string of the molecule is Cc1nn(-c2ccccc2)c2sc(C(=O)OCC(=O)Nc3ccccc3C(C)C)cc12. The molecule has 0 unspecified atom stereocenters. The average Bonchev–Trinajstić information content (AvgIpc) is 3.33. The van der Waals surface area contributed by atoms with Crippen molar-refractivity contribution in [3.05, 3.63) is 76.8 Å². The lowest BCUT2D eigenvalue weighted by molar-refractivity contribution is -0.119. The quantitative estimate of drug-likeness (QED) is 0.418. The second-order valence-corrected chi connectivity index (χ2v) is 8.56. The van der Waals surface area contributed by atoms with E-state index in [1.54, 1.807) is 6.07 Å². The second kappa shape index (κ2) is 8.73. The molecule has 0 fully saturated rings. The Labute approximate surface area is 184 Å². The van der Waals surface area contributed by atoms with Crippen molar-refractivity contribution in [2.45, 2.75) is 26.7 Å². The molecule has 158 valence electrons. The first-order valence-corrected chi connectivity index (χ1v) is 10.9. The summed E-state index contributed by atoms with van der Waals surface area (Å²) in [6.07, 6.45) is 0. The second-order valence-electron chi connectivity index (χ2n) is 7.53. The predicted octanol–water partition coefficient (Wildman–Crippen LogP) is 5.31. The molecule has 0 bridgehead atoms. The van der Waals surface area contributed by atoms with Crippen LogP contribution in [0.15, 0.2) is 60.7 Å². The monoisotopic (exact) mass is 433 g/mol. The Balaban J connectivity index is 1.46. The van der Waals surface area contributed by atoms with E-state index >= 15 is 0 Å². The molecule has 2 aromatic heterocycles. The number of aryl methyl sites for hydroxylation is 1. The Morgan fingerprint density at radius 2 is 1.81 bits per heavy atom. The minimum absolute atomic E-state index is 0.269. The number of nitrogens with zero attached hydrogens (tertiary/aromatic N) is 2. The standard InChI is InChI=1S/C24H23N3O3S/c1-15(2)18-11-7-8-12-20(18)25-22(28)14-30-24(29)21-13-19-16(3)26-27(23(19)31-21)17-9-5-4-6-10-17/h4-13,15H,14H2,1-3H3,(H,25,28). The molecule has 7 heteroatoms. The summed E-state index contributed by atoms with van der Waals surface area (Å²) in [4.78, 5) is 26.2. The zero-order chi connectivity index (χ0) is 22.0. The maximum absolute atomic E-state index is 12.6. The van der Waals surface area contributed by atoms with Crippen molar-refractivity contribution in [3.63, 3.8) is 0 Å². The lowest BCUT2D eigenvalue weighted by atomic mass is 10.0. The Kier molecular flexibility index (Phi) is 5.86. The zero-order valence-corrected chi connectivity index (χ0v) is 18.4. The van der Waals surface area contributed by atoms with Gasteiger partial charge in [-0.1, -0.05) is 50.2 Å². The molecule has 1 N–H and O–H groups in total. The molecule has 1 amide bonds. The van der Waals surface area contributed by atoms with Crippen molar-refractivity contribution in [1.29, 1.82) is 0 Å². The summed E-state index contributed by atoms with van der Waals surface area (Å²) in [6, 6.07) is 19.1. The molecule has 0 saturated carbocycles. The summed E-state index contributed by atoms with van der Waals surface area (Å²) in [7, 11) is 0. The third-order valence-corrected chi connectivity index (χ3v) is 6.03. The number of ether oxygens (including phenoxy) is 1. The number of fused-ring (bicyclic) bond motifs is 1. The molecule has 0 saturated heterocycles. The lowest BCUT2D eigenvalue weighted by Gasteiger charge is -2.13. The Morgan fingerprint density at radius 3 is 2.55 bits per heavy atom. The van der Waals surface area contributed by atoms with Crippen LogP contribution in [0.25, 0.3) is 15.9 Å². The molecule has 0 aliphatic carbocycles. The number of amides is 1. The molecule has 31 heavy (non-hydrogen) atoms. The summed E-state index contributed by atoms with van der Waals surface area (Å²) >= 11 is 1.30. The molecule has 4 rings (SSSR count). The van der Waals surface area contributed by atoms with Crippen LogP contribution in [0.2, 0.25) is 0 Å². The molecular weight excluding hydrogens is 410 g/mol. The van der Waals surface area contributed by atoms with E-state index < -0.39 is 5.97 Å². The highest BCUT2D eigenvalue weighted by molar-refractivity contribution is 7.20. The molecule has 0 radical (unpaired) electrons. The summed E-state index contributed by atoms with van der Waals surface area (Å²) in [5.74, 6) is -0.619. The summed E-state index contributed by atoms with van der Waals surface area (Å²) in [5.41, 5.74) is 3.52. The van der Waals surface area contributed by atoms with Crippen molar-refractivity contribution in [2.75, 3.05) is 11.9 Å². The summed E-state index contributed by atoms with van der Waals surface area (Å²) in [5, 5.41) is 8.31. The van der Waals surface area contributed by atoms with Crippen LogP contribution in [-0.2, 0) is 9.53 Å². The van der Waals surface area contributed by atoms with Crippen LogP contribution >= 0.6 is 11.3 Å². The van der Waals surface area contributed by atoms with Crippen LogP contribution in [0.4, 0.5) is 5.69 Å². The van der Waals surface area contributed by atoms with Crippen LogP contribution in [0, 0.1) is 6.92 Å². The first-order chi connectivity index (χ1) is 14.9. The maximum Gasteiger partial charge on any atom is 0.348 e. The van der Waals surface area contributed by atoms with Crippen molar-refractivity contribution in [3.8, 4) is 5.69 Å². The zero-order valence-electron chi connectivity index (χ0n) is 17.6. The smallest absolute Gasteiger partial charge is 0.348 e. The van der Waals surface area contributed by atoms with Gasteiger partial charge in [0.15, 0.2) is 6.61 Å². The number of esters is 1. The Hall–Kier alpha value is -3.45. The molecule has 0 aliphatic rings. The highest BCUT2D eigenvalue weighted by Gasteiger charge is 2.19. The average molecular weight is 434 g/mol. The van der Waals surface area contributed by atoms with Gasteiger partial charge < -0.3 is 10.1 Å². The fourth-order valence-corrected chi connectivity index (χ4v) is 4.47. The van der Waals surface area contributed by atoms with Crippen LogP contribution in [0.1, 0.15) is 40.7 Å². The van der Waals surface area contributed by atoms with Gasteiger partial charge in [0.2, 0.25) is 0 Å². The molecular formula is C24H23N3O3S. The van der Waals surface area contributed by atoms with Crippen LogP contribution in [-0.4, -0.2) is 28.3 Å². The van der Waals surface area contributed by atoms with Crippen LogP contribution in [0.3, 0.4) is 0 Å². The number of benzene rings is 2. The number of nitrogens with one attached hydrogen (secondary N) is 1. The van der Waals surface area contributed by atoms with Gasteiger partial charge in [-0.25, -0.2) is 9.48 Å². The van der Waals surface area contributed by atoms with Crippen molar-refractivity contribution in [1.82, 2.24) is 9.78 Å². The minimum atomic E-state index is -0.521. The Bertz CT molecular complexity index is 1240. The van der Waals surface area contributed by atoms with E-state index in [0.717, 1.165) is 32.8 Å². The number of anilines is 1. The number of carbonyl (C=O) groups is 2. The largest absolute Gasteiger partial charge is 0.451 e. The lowest BCUT2D eigenvalue weighted by Crippen LogP contribution is -2.21. The molecule has 2 heterocycles. The number of hydrogen-bond acceptors (Lipinski definition) is 5. The third-order valence-electron chi connectivity index (χ3n) is 4.94. The van der Waals surface area contributed by atoms with Gasteiger partial charge in [-0.15, -0.1) is 11.3 Å². The molecule has 0 spiro atoms. The van der Waals surface area contributed by atoms with E-state index in [2.05, 4.69) is 24.3 Å². The number of thiophene rings is 1. The van der Waals surface area contributed by atoms with E-state index in [0.29, 0.717) is 4.88 Å². The van der Waals surface area contributed by atoms with Crippen molar-refractivity contribution in [2.24, 2.45) is 0 Å². The first kappa shape index (κ1) is 20.8. The van der Waals surface area contributed by atoms with E-state index in [1.165, 1.54) is 11.3 Å². The van der Waals surface area contributed by atoms with Gasteiger partial charge in [0.1, 0.15) is 9.71 Å². The van der Waals surface area contributed by atoms with Gasteiger partial charge in [0.25, 0.3) is 5.91 Å². The third kappa shape index (κ3) is 4.36. The normalized spacial score (nSPS) is 11.1. The highest BCUT2D eigenvalue weighted by Crippen LogP contribution is 2.31. The van der Waals surface area contributed by atoms with Crippen molar-refractivity contribution >= 4 is 39.1 Å². The topological polar surface area (TPSA) is 73.2 Å². The molecule has 4 aromatic rings. The molecule has 2 aromatic carbocycles. The van der Waals surface area contributed by atoms with Gasteiger partial charge in [0.05, 0.1) is 11.4 Å². The summed E-state index contributed by atoms with van der Waals surface area (Å²) in [6.45, 7) is 5.68. The fraction of sp³-hybridized carbons (Fsp3) is 0.208. The van der Waals surface area contributed by atoms with Gasteiger partial charge in [-0.2, -0.15) is 5.10 Å². The summed E-state index contributed by atoms with van der Waals surface area (Å²) < 4.78 is 7.10. The number of rotatable bonds is 6. The number of aromatic nitrogens is 2. The van der Waals surface area contributed by atoms with E-state index in [4.69, 9.17) is 4.74 Å². The molecule has 6 nitrogen and oxygen atoms in total. The molecule has 0 atom stereocenters. The van der Waals surface area contributed by atoms with Gasteiger partial charge in [0, 0.05) is 11.1 Å².